The predicted octanol–water partition coefficient (Wildman–Crippen LogP) is 15.1. The fraction of sp³-hybridized carbons (Fsp3) is 0.941. The number of carbonyl (C=O) groups excluding carboxylic acids is 1. The van der Waals surface area contributed by atoms with Gasteiger partial charge in [-0.3, -0.25) is 13.8 Å². The molecule has 60 heavy (non-hydrogen) atoms. The number of hydrogen-bond acceptors (Lipinski definition) is 5. The maximum atomic E-state index is 12.9. The number of hydrogen-bond donors (Lipinski definition) is 3. The summed E-state index contributed by atoms with van der Waals surface area (Å²) in [7, 11) is 1.59. The van der Waals surface area contributed by atoms with Gasteiger partial charge in [0.2, 0.25) is 5.91 Å². The molecule has 0 aliphatic rings. The van der Waals surface area contributed by atoms with Crippen molar-refractivity contribution in [3.63, 3.8) is 0 Å². The van der Waals surface area contributed by atoms with E-state index in [0.717, 1.165) is 32.1 Å². The molecule has 0 saturated heterocycles. The van der Waals surface area contributed by atoms with Crippen LogP contribution < -0.4 is 5.32 Å². The van der Waals surface area contributed by atoms with Gasteiger partial charge < -0.3 is 19.8 Å². The van der Waals surface area contributed by atoms with E-state index in [9.17, 15) is 19.4 Å². The highest BCUT2D eigenvalue weighted by Gasteiger charge is 2.27. The van der Waals surface area contributed by atoms with Crippen LogP contribution in [0.3, 0.4) is 0 Å². The van der Waals surface area contributed by atoms with Crippen molar-refractivity contribution in [1.82, 2.24) is 5.32 Å². The number of phosphoric ester groups is 1. The first kappa shape index (κ1) is 59.2. The Kier molecular flexibility index (Phi) is 42.9. The zero-order valence-electron chi connectivity index (χ0n) is 40.7. The first-order valence-electron chi connectivity index (χ1n) is 26.1. The van der Waals surface area contributed by atoms with Crippen molar-refractivity contribution in [2.24, 2.45) is 0 Å². The number of allylic oxidation sites excluding steroid dienone is 1. The SMILES string of the molecule is CCCCCCCCCCCCCCCCCCCCCCCCCC/C=C/C(O)C(COP(=O)(O)OCC[N+](C)(C)C)NC(=O)CCCCCCCCCCCCCC. The van der Waals surface area contributed by atoms with E-state index in [1.165, 1.54) is 205 Å². The molecular weight excluding hydrogens is 768 g/mol. The Morgan fingerprint density at radius 2 is 0.883 bits per heavy atom. The zero-order chi connectivity index (χ0) is 44.3. The number of rotatable bonds is 48. The molecule has 0 aromatic rings. The molecule has 8 nitrogen and oxygen atoms in total. The van der Waals surface area contributed by atoms with Crippen molar-refractivity contribution in [3.8, 4) is 0 Å². The lowest BCUT2D eigenvalue weighted by molar-refractivity contribution is -0.870. The van der Waals surface area contributed by atoms with E-state index in [2.05, 4.69) is 19.2 Å². The highest BCUT2D eigenvalue weighted by Crippen LogP contribution is 2.43. The first-order chi connectivity index (χ1) is 29.0. The van der Waals surface area contributed by atoms with E-state index in [0.29, 0.717) is 17.4 Å². The summed E-state index contributed by atoms with van der Waals surface area (Å²) in [6.45, 7) is 4.84. The highest BCUT2D eigenvalue weighted by molar-refractivity contribution is 7.47. The van der Waals surface area contributed by atoms with Crippen LogP contribution in [-0.4, -0.2) is 73.4 Å². The summed E-state index contributed by atoms with van der Waals surface area (Å²) in [6.07, 6.45) is 51.6. The number of amides is 1. The minimum Gasteiger partial charge on any atom is -0.387 e. The summed E-state index contributed by atoms with van der Waals surface area (Å²) in [4.78, 5) is 23.1. The standard InChI is InChI=1S/C51H103N2O6P/c1-6-8-10-12-14-16-18-20-21-22-23-24-25-26-27-28-29-30-31-32-33-34-36-38-40-42-44-50(54)49(48-59-60(56,57)58-47-46-53(3,4)5)52-51(55)45-43-41-39-37-35-19-17-15-13-11-9-7-2/h42,44,49-50,54H,6-41,43,45-48H2,1-5H3,(H-,52,55,56,57)/p+1/b44-42+. The lowest BCUT2D eigenvalue weighted by Crippen LogP contribution is -2.45. The van der Waals surface area contributed by atoms with Gasteiger partial charge in [0, 0.05) is 6.42 Å². The minimum absolute atomic E-state index is 0.0648. The second-order valence-corrected chi connectivity index (χ2v) is 20.7. The van der Waals surface area contributed by atoms with Crippen LogP contribution in [-0.2, 0) is 18.4 Å². The van der Waals surface area contributed by atoms with Gasteiger partial charge in [0.1, 0.15) is 13.2 Å². The quantitative estimate of drug-likeness (QED) is 0.0243. The molecule has 0 saturated carbocycles. The van der Waals surface area contributed by atoms with Crippen molar-refractivity contribution < 1.29 is 32.9 Å². The molecule has 0 aliphatic carbocycles. The van der Waals surface area contributed by atoms with Gasteiger partial charge in [-0.1, -0.05) is 244 Å². The number of nitrogens with zero attached hydrogens (tertiary/aromatic N) is 1. The summed E-state index contributed by atoms with van der Waals surface area (Å²) < 4.78 is 23.6. The van der Waals surface area contributed by atoms with Crippen LogP contribution >= 0.6 is 7.82 Å². The number of unbranched alkanes of at least 4 members (excludes halogenated alkanes) is 35. The second kappa shape index (κ2) is 43.5. The average molecular weight is 872 g/mol. The number of carbonyl (C=O) groups is 1. The van der Waals surface area contributed by atoms with Crippen LogP contribution in [0.4, 0.5) is 0 Å². The molecule has 1 amide bonds. The molecule has 0 aromatic heterocycles. The molecular formula is C51H104N2O6P+. The van der Waals surface area contributed by atoms with Crippen LogP contribution in [0.25, 0.3) is 0 Å². The summed E-state index contributed by atoms with van der Waals surface area (Å²) in [6, 6.07) is -0.840. The third-order valence-electron chi connectivity index (χ3n) is 12.0. The van der Waals surface area contributed by atoms with E-state index < -0.39 is 20.0 Å². The highest BCUT2D eigenvalue weighted by atomic mass is 31.2. The summed E-state index contributed by atoms with van der Waals surface area (Å²) in [5.41, 5.74) is 0. The average Bonchev–Trinajstić information content (AvgIpc) is 3.20. The topological polar surface area (TPSA) is 105 Å². The third-order valence-corrected chi connectivity index (χ3v) is 13.0. The number of likely N-dealkylation sites (N-methyl/N-ethyl adjacent to an activating group) is 1. The Bertz CT molecular complexity index is 989. The van der Waals surface area contributed by atoms with Gasteiger partial charge in [-0.25, -0.2) is 4.57 Å². The monoisotopic (exact) mass is 872 g/mol. The van der Waals surface area contributed by atoms with Crippen molar-refractivity contribution in [2.75, 3.05) is 40.9 Å². The van der Waals surface area contributed by atoms with Crippen LogP contribution in [0.1, 0.15) is 258 Å². The van der Waals surface area contributed by atoms with E-state index in [1.54, 1.807) is 6.08 Å². The molecule has 3 unspecified atom stereocenters. The Balaban J connectivity index is 4.16. The fourth-order valence-electron chi connectivity index (χ4n) is 7.87. The van der Waals surface area contributed by atoms with E-state index in [1.807, 2.05) is 27.2 Å². The number of aliphatic hydroxyl groups excluding tert-OH is 1. The molecule has 3 atom stereocenters. The normalized spacial score (nSPS) is 14.2. The summed E-state index contributed by atoms with van der Waals surface area (Å²) >= 11 is 0. The molecule has 358 valence electrons. The van der Waals surface area contributed by atoms with Gasteiger partial charge in [0.05, 0.1) is 39.9 Å². The number of aliphatic hydroxyl groups is 1. The predicted molar refractivity (Wildman–Crippen MR) is 259 cm³/mol. The van der Waals surface area contributed by atoms with Gasteiger partial charge in [-0.05, 0) is 19.3 Å². The van der Waals surface area contributed by atoms with Crippen molar-refractivity contribution in [2.45, 2.75) is 270 Å². The Morgan fingerprint density at radius 3 is 1.23 bits per heavy atom. The van der Waals surface area contributed by atoms with Gasteiger partial charge in [0.15, 0.2) is 0 Å². The van der Waals surface area contributed by atoms with Crippen molar-refractivity contribution >= 4 is 13.7 Å². The molecule has 9 heteroatoms. The van der Waals surface area contributed by atoms with Crippen LogP contribution in [0.15, 0.2) is 12.2 Å². The second-order valence-electron chi connectivity index (χ2n) is 19.3. The number of quaternary nitrogens is 1. The number of nitrogens with one attached hydrogen (secondary N) is 1. The van der Waals surface area contributed by atoms with Crippen LogP contribution in [0, 0.1) is 0 Å². The summed E-state index contributed by atoms with van der Waals surface area (Å²) in [5, 5.41) is 13.9. The van der Waals surface area contributed by atoms with E-state index in [4.69, 9.17) is 9.05 Å². The smallest absolute Gasteiger partial charge is 0.387 e. The molecule has 0 aliphatic heterocycles. The summed E-state index contributed by atoms with van der Waals surface area (Å²) in [5.74, 6) is -0.174. The van der Waals surface area contributed by atoms with Gasteiger partial charge in [0.25, 0.3) is 0 Å². The minimum atomic E-state index is -4.33. The molecule has 0 fully saturated rings. The molecule has 0 radical (unpaired) electrons. The van der Waals surface area contributed by atoms with Crippen LogP contribution in [0.2, 0.25) is 0 Å². The molecule has 3 N–H and O–H groups in total. The fourth-order valence-corrected chi connectivity index (χ4v) is 8.60. The largest absolute Gasteiger partial charge is 0.472 e. The molecule has 0 bridgehead atoms. The van der Waals surface area contributed by atoms with Crippen LogP contribution in [0.5, 0.6) is 0 Å². The van der Waals surface area contributed by atoms with E-state index >= 15 is 0 Å². The Hall–Kier alpha value is -0.760. The maximum absolute atomic E-state index is 12.9. The first-order valence-corrected chi connectivity index (χ1v) is 27.6. The molecule has 0 aromatic carbocycles. The lowest BCUT2D eigenvalue weighted by atomic mass is 10.0. The van der Waals surface area contributed by atoms with Crippen molar-refractivity contribution in [1.29, 1.82) is 0 Å². The van der Waals surface area contributed by atoms with E-state index in [-0.39, 0.29) is 19.1 Å². The Morgan fingerprint density at radius 1 is 0.550 bits per heavy atom. The molecule has 0 spiro atoms. The lowest BCUT2D eigenvalue weighted by Gasteiger charge is -2.25. The maximum Gasteiger partial charge on any atom is 0.472 e. The van der Waals surface area contributed by atoms with Gasteiger partial charge >= 0.3 is 7.82 Å². The van der Waals surface area contributed by atoms with Gasteiger partial charge in [-0.15, -0.1) is 0 Å². The third kappa shape index (κ3) is 45.3. The zero-order valence-corrected chi connectivity index (χ0v) is 41.6. The number of phosphoric acid groups is 1. The van der Waals surface area contributed by atoms with Gasteiger partial charge in [-0.2, -0.15) is 0 Å². The van der Waals surface area contributed by atoms with Crippen molar-refractivity contribution in [3.05, 3.63) is 12.2 Å². The molecule has 0 rings (SSSR count). The molecule has 0 heterocycles. The Labute approximate surface area is 373 Å².